The van der Waals surface area contributed by atoms with Crippen molar-refractivity contribution in [1.29, 1.82) is 0 Å². The van der Waals surface area contributed by atoms with Gasteiger partial charge in [-0.15, -0.1) is 0 Å². The Bertz CT molecular complexity index is 1250. The number of amides is 1. The predicted octanol–water partition coefficient (Wildman–Crippen LogP) is 3.69. The number of anilines is 1. The van der Waals surface area contributed by atoms with Gasteiger partial charge in [0.25, 0.3) is 5.91 Å². The molecule has 9 heteroatoms. The summed E-state index contributed by atoms with van der Waals surface area (Å²) < 4.78 is 30.8. The molecule has 1 aliphatic heterocycles. The summed E-state index contributed by atoms with van der Waals surface area (Å²) in [5, 5.41) is 0.655. The molecule has 0 saturated carbocycles. The minimum Gasteiger partial charge on any atom is -0.379 e. The van der Waals surface area contributed by atoms with Gasteiger partial charge in [-0.25, -0.2) is 13.4 Å². The van der Waals surface area contributed by atoms with Gasteiger partial charge in [0.1, 0.15) is 0 Å². The molecule has 0 bridgehead atoms. The molecule has 176 valence electrons. The number of thiazole rings is 1. The van der Waals surface area contributed by atoms with Crippen LogP contribution in [-0.2, 0) is 14.6 Å². The van der Waals surface area contributed by atoms with E-state index in [1.165, 1.54) is 29.0 Å². The number of sulfone groups is 1. The fourth-order valence-electron chi connectivity index (χ4n) is 3.81. The van der Waals surface area contributed by atoms with Gasteiger partial charge < -0.3 is 4.74 Å². The zero-order valence-electron chi connectivity index (χ0n) is 19.2. The second-order valence-corrected chi connectivity index (χ2v) is 11.5. The number of aromatic nitrogens is 1. The van der Waals surface area contributed by atoms with E-state index in [1.807, 2.05) is 13.0 Å². The Kier molecular flexibility index (Phi) is 7.13. The van der Waals surface area contributed by atoms with Crippen LogP contribution in [0, 0.1) is 13.8 Å². The van der Waals surface area contributed by atoms with Crippen molar-refractivity contribution in [3.63, 3.8) is 0 Å². The van der Waals surface area contributed by atoms with Crippen molar-refractivity contribution in [2.24, 2.45) is 0 Å². The highest BCUT2D eigenvalue weighted by Crippen LogP contribution is 2.32. The maximum atomic E-state index is 13.6. The van der Waals surface area contributed by atoms with Gasteiger partial charge in [0, 0.05) is 31.7 Å². The molecule has 1 aromatic heterocycles. The SMILES string of the molecule is CCS(=O)(=O)c1ccc(C(=O)N(CCN2CCOCC2)c2nc3c(C)c(C)ccc3s2)cc1. The number of benzene rings is 2. The second kappa shape index (κ2) is 9.89. The Labute approximate surface area is 198 Å². The number of ether oxygens (including phenoxy) is 1. The number of aryl methyl sites for hydroxylation is 2. The van der Waals surface area contributed by atoms with Crippen LogP contribution < -0.4 is 4.90 Å². The molecule has 0 radical (unpaired) electrons. The first-order valence-electron chi connectivity index (χ1n) is 11.1. The van der Waals surface area contributed by atoms with Crippen LogP contribution in [0.25, 0.3) is 10.2 Å². The molecular formula is C24H29N3O4S2. The monoisotopic (exact) mass is 487 g/mol. The summed E-state index contributed by atoms with van der Waals surface area (Å²) in [4.78, 5) is 22.6. The summed E-state index contributed by atoms with van der Waals surface area (Å²) in [5.41, 5.74) is 3.64. The standard InChI is InChI=1S/C24H29N3O4S2/c1-4-33(29,30)20-8-6-19(7-9-20)23(28)27(12-11-26-13-15-31-16-14-26)24-25-22-18(3)17(2)5-10-21(22)32-24/h5-10H,4,11-16H2,1-3H3. The maximum absolute atomic E-state index is 13.6. The maximum Gasteiger partial charge on any atom is 0.260 e. The molecule has 0 unspecified atom stereocenters. The lowest BCUT2D eigenvalue weighted by atomic mass is 10.1. The Morgan fingerprint density at radius 2 is 1.82 bits per heavy atom. The van der Waals surface area contributed by atoms with E-state index >= 15 is 0 Å². The summed E-state index contributed by atoms with van der Waals surface area (Å²) in [6.45, 7) is 9.99. The van der Waals surface area contributed by atoms with Gasteiger partial charge >= 0.3 is 0 Å². The Hall–Kier alpha value is -2.33. The van der Waals surface area contributed by atoms with Crippen LogP contribution in [0.2, 0.25) is 0 Å². The third-order valence-corrected chi connectivity index (χ3v) is 8.93. The molecule has 0 spiro atoms. The molecule has 1 aliphatic rings. The van der Waals surface area contributed by atoms with E-state index < -0.39 is 9.84 Å². The molecule has 3 aromatic rings. The first-order chi connectivity index (χ1) is 15.8. The van der Waals surface area contributed by atoms with Crippen LogP contribution >= 0.6 is 11.3 Å². The molecule has 0 N–H and O–H groups in total. The van der Waals surface area contributed by atoms with Gasteiger partial charge in [-0.2, -0.15) is 0 Å². The quantitative estimate of drug-likeness (QED) is 0.506. The molecule has 0 aliphatic carbocycles. The van der Waals surface area contributed by atoms with Crippen LogP contribution in [0.3, 0.4) is 0 Å². The average molecular weight is 488 g/mol. The molecule has 33 heavy (non-hydrogen) atoms. The van der Waals surface area contributed by atoms with E-state index in [2.05, 4.69) is 17.9 Å². The van der Waals surface area contributed by atoms with E-state index in [0.29, 0.717) is 37.0 Å². The highest BCUT2D eigenvalue weighted by atomic mass is 32.2. The fraction of sp³-hybridized carbons (Fsp3) is 0.417. The van der Waals surface area contributed by atoms with Gasteiger partial charge in [-0.3, -0.25) is 14.6 Å². The van der Waals surface area contributed by atoms with Gasteiger partial charge in [-0.05, 0) is 55.3 Å². The first kappa shape index (κ1) is 23.8. The number of morpholine rings is 1. The number of nitrogens with zero attached hydrogens (tertiary/aromatic N) is 3. The minimum absolute atomic E-state index is 0.0242. The normalized spacial score (nSPS) is 15.1. The third kappa shape index (κ3) is 5.11. The van der Waals surface area contributed by atoms with Crippen molar-refractivity contribution < 1.29 is 17.9 Å². The molecule has 0 atom stereocenters. The lowest BCUT2D eigenvalue weighted by Gasteiger charge is -2.29. The van der Waals surface area contributed by atoms with E-state index in [9.17, 15) is 13.2 Å². The zero-order chi connectivity index (χ0) is 23.6. The second-order valence-electron chi connectivity index (χ2n) is 8.19. The first-order valence-corrected chi connectivity index (χ1v) is 13.6. The van der Waals surface area contributed by atoms with E-state index in [0.717, 1.165) is 28.9 Å². The Morgan fingerprint density at radius 1 is 1.12 bits per heavy atom. The highest BCUT2D eigenvalue weighted by molar-refractivity contribution is 7.91. The fourth-order valence-corrected chi connectivity index (χ4v) is 5.74. The lowest BCUT2D eigenvalue weighted by molar-refractivity contribution is 0.0391. The summed E-state index contributed by atoms with van der Waals surface area (Å²) in [7, 11) is -3.32. The predicted molar refractivity (Wildman–Crippen MR) is 132 cm³/mol. The molecule has 1 amide bonds. The van der Waals surface area contributed by atoms with Crippen LogP contribution in [0.5, 0.6) is 0 Å². The van der Waals surface area contributed by atoms with Crippen molar-refractivity contribution in [3.8, 4) is 0 Å². The smallest absolute Gasteiger partial charge is 0.260 e. The minimum atomic E-state index is -3.32. The summed E-state index contributed by atoms with van der Waals surface area (Å²) in [6, 6.07) is 10.3. The van der Waals surface area contributed by atoms with Crippen molar-refractivity contribution in [1.82, 2.24) is 9.88 Å². The summed E-state index contributed by atoms with van der Waals surface area (Å²) in [5.74, 6) is -0.159. The molecule has 7 nitrogen and oxygen atoms in total. The number of hydrogen-bond acceptors (Lipinski definition) is 7. The number of carbonyl (C=O) groups excluding carboxylic acids is 1. The highest BCUT2D eigenvalue weighted by Gasteiger charge is 2.24. The van der Waals surface area contributed by atoms with Crippen LogP contribution in [0.4, 0.5) is 5.13 Å². The Balaban J connectivity index is 1.66. The lowest BCUT2D eigenvalue weighted by Crippen LogP contribution is -2.43. The van der Waals surface area contributed by atoms with Crippen LogP contribution in [0.15, 0.2) is 41.3 Å². The molecule has 1 fully saturated rings. The zero-order valence-corrected chi connectivity index (χ0v) is 20.8. The summed E-state index contributed by atoms with van der Waals surface area (Å²) >= 11 is 1.50. The van der Waals surface area contributed by atoms with Crippen molar-refractivity contribution in [2.75, 3.05) is 50.0 Å². The molecule has 4 rings (SSSR count). The van der Waals surface area contributed by atoms with Crippen molar-refractivity contribution >= 4 is 42.4 Å². The molecular weight excluding hydrogens is 458 g/mol. The van der Waals surface area contributed by atoms with Crippen molar-refractivity contribution in [3.05, 3.63) is 53.1 Å². The van der Waals surface area contributed by atoms with Gasteiger partial charge in [0.05, 0.1) is 34.1 Å². The van der Waals surface area contributed by atoms with Crippen LogP contribution in [-0.4, -0.2) is 69.4 Å². The number of fused-ring (bicyclic) bond motifs is 1. The van der Waals surface area contributed by atoms with Crippen molar-refractivity contribution in [2.45, 2.75) is 25.7 Å². The van der Waals surface area contributed by atoms with Gasteiger partial charge in [-0.1, -0.05) is 24.3 Å². The van der Waals surface area contributed by atoms with E-state index in [-0.39, 0.29) is 16.6 Å². The number of rotatable bonds is 7. The molecule has 2 aromatic carbocycles. The average Bonchev–Trinajstić information content (AvgIpc) is 3.27. The topological polar surface area (TPSA) is 79.8 Å². The van der Waals surface area contributed by atoms with E-state index in [1.54, 1.807) is 24.0 Å². The Morgan fingerprint density at radius 3 is 2.48 bits per heavy atom. The van der Waals surface area contributed by atoms with E-state index in [4.69, 9.17) is 9.72 Å². The number of carbonyl (C=O) groups is 1. The summed E-state index contributed by atoms with van der Waals surface area (Å²) in [6.07, 6.45) is 0. The van der Waals surface area contributed by atoms with Crippen LogP contribution in [0.1, 0.15) is 28.4 Å². The molecule has 1 saturated heterocycles. The molecule has 2 heterocycles. The number of hydrogen-bond donors (Lipinski definition) is 0. The largest absolute Gasteiger partial charge is 0.379 e. The van der Waals surface area contributed by atoms with Gasteiger partial charge in [0.2, 0.25) is 0 Å². The third-order valence-electron chi connectivity index (χ3n) is 6.13. The van der Waals surface area contributed by atoms with Gasteiger partial charge in [0.15, 0.2) is 15.0 Å².